The summed E-state index contributed by atoms with van der Waals surface area (Å²) in [6.45, 7) is 4.51. The minimum atomic E-state index is -0.277. The summed E-state index contributed by atoms with van der Waals surface area (Å²) < 4.78 is 4.93. The summed E-state index contributed by atoms with van der Waals surface area (Å²) in [5.41, 5.74) is 8.04. The van der Waals surface area contributed by atoms with Crippen molar-refractivity contribution in [3.05, 3.63) is 34.9 Å². The van der Waals surface area contributed by atoms with Crippen molar-refractivity contribution in [2.24, 2.45) is 5.73 Å². The number of nitrogens with two attached hydrogens (primary N) is 1. The predicted octanol–water partition coefficient (Wildman–Crippen LogP) is 2.05. The van der Waals surface area contributed by atoms with Crippen LogP contribution in [0.1, 0.15) is 28.4 Å². The summed E-state index contributed by atoms with van der Waals surface area (Å²) >= 11 is 0. The van der Waals surface area contributed by atoms with E-state index >= 15 is 0 Å². The summed E-state index contributed by atoms with van der Waals surface area (Å²) in [5, 5.41) is 0. The summed E-state index contributed by atoms with van der Waals surface area (Å²) in [7, 11) is 0. The number of ether oxygens (including phenoxy) is 1. The third-order valence-electron chi connectivity index (χ3n) is 2.16. The van der Waals surface area contributed by atoms with E-state index in [1.54, 1.807) is 13.0 Å². The van der Waals surface area contributed by atoms with Crippen molar-refractivity contribution in [1.82, 2.24) is 0 Å². The zero-order valence-electron chi connectivity index (χ0n) is 8.95. The van der Waals surface area contributed by atoms with E-state index in [0.29, 0.717) is 18.7 Å². The monoisotopic (exact) mass is 229 g/mol. The van der Waals surface area contributed by atoms with Crippen molar-refractivity contribution in [1.29, 1.82) is 0 Å². The molecular formula is C11H16ClNO2. The van der Waals surface area contributed by atoms with Gasteiger partial charge in [-0.2, -0.15) is 0 Å². The highest BCUT2D eigenvalue weighted by atomic mass is 35.5. The Balaban J connectivity index is 0.00000196. The van der Waals surface area contributed by atoms with Gasteiger partial charge in [-0.25, -0.2) is 4.79 Å². The maximum atomic E-state index is 11.5. The third-order valence-corrected chi connectivity index (χ3v) is 2.16. The standard InChI is InChI=1S/C11H15NO2.ClH/c1-3-14-11(13)10-6-4-5-9(7-12)8(10)2;/h4-6H,3,7,12H2,1-2H3;1H. The van der Waals surface area contributed by atoms with Crippen LogP contribution in [0, 0.1) is 6.92 Å². The largest absolute Gasteiger partial charge is 0.462 e. The van der Waals surface area contributed by atoms with Crippen molar-refractivity contribution in [2.45, 2.75) is 20.4 Å². The van der Waals surface area contributed by atoms with Crippen molar-refractivity contribution in [3.63, 3.8) is 0 Å². The number of esters is 1. The molecule has 1 rings (SSSR count). The van der Waals surface area contributed by atoms with E-state index in [9.17, 15) is 4.79 Å². The highest BCUT2D eigenvalue weighted by molar-refractivity contribution is 5.91. The smallest absolute Gasteiger partial charge is 0.338 e. The van der Waals surface area contributed by atoms with Crippen LogP contribution in [0.4, 0.5) is 0 Å². The zero-order valence-corrected chi connectivity index (χ0v) is 9.76. The summed E-state index contributed by atoms with van der Waals surface area (Å²) in [6.07, 6.45) is 0. The molecule has 0 fully saturated rings. The maximum absolute atomic E-state index is 11.5. The Bertz CT molecular complexity index is 339. The van der Waals surface area contributed by atoms with Gasteiger partial charge >= 0.3 is 5.97 Å². The van der Waals surface area contributed by atoms with Gasteiger partial charge in [-0.1, -0.05) is 12.1 Å². The number of benzene rings is 1. The predicted molar refractivity (Wildman–Crippen MR) is 62.3 cm³/mol. The average molecular weight is 230 g/mol. The molecule has 0 bridgehead atoms. The molecule has 1 aromatic carbocycles. The van der Waals surface area contributed by atoms with Gasteiger partial charge in [0.1, 0.15) is 0 Å². The molecule has 0 amide bonds. The molecule has 1 aromatic rings. The highest BCUT2D eigenvalue weighted by Gasteiger charge is 2.11. The number of halogens is 1. The Kier molecular flexibility index (Phi) is 5.97. The Morgan fingerprint density at radius 3 is 2.67 bits per heavy atom. The van der Waals surface area contributed by atoms with Crippen LogP contribution in [-0.4, -0.2) is 12.6 Å². The molecule has 0 aliphatic heterocycles. The lowest BCUT2D eigenvalue weighted by Crippen LogP contribution is -2.09. The number of hydrogen-bond donors (Lipinski definition) is 1. The molecule has 0 saturated carbocycles. The van der Waals surface area contributed by atoms with Crippen LogP contribution in [0.5, 0.6) is 0 Å². The van der Waals surface area contributed by atoms with Crippen LogP contribution < -0.4 is 5.73 Å². The summed E-state index contributed by atoms with van der Waals surface area (Å²) in [6, 6.07) is 5.49. The first kappa shape index (κ1) is 13.9. The van der Waals surface area contributed by atoms with E-state index < -0.39 is 0 Å². The molecule has 15 heavy (non-hydrogen) atoms. The molecule has 0 aliphatic carbocycles. The Morgan fingerprint density at radius 1 is 1.47 bits per heavy atom. The van der Waals surface area contributed by atoms with Gasteiger partial charge in [0.05, 0.1) is 12.2 Å². The fraction of sp³-hybridized carbons (Fsp3) is 0.364. The van der Waals surface area contributed by atoms with Gasteiger partial charge in [-0.15, -0.1) is 12.4 Å². The van der Waals surface area contributed by atoms with E-state index in [-0.39, 0.29) is 18.4 Å². The quantitative estimate of drug-likeness (QED) is 0.808. The van der Waals surface area contributed by atoms with Crippen molar-refractivity contribution in [3.8, 4) is 0 Å². The average Bonchev–Trinajstić information content (AvgIpc) is 2.18. The summed E-state index contributed by atoms with van der Waals surface area (Å²) in [5.74, 6) is -0.277. The van der Waals surface area contributed by atoms with Crippen LogP contribution in [-0.2, 0) is 11.3 Å². The topological polar surface area (TPSA) is 52.3 Å². The van der Waals surface area contributed by atoms with Crippen LogP contribution in [0.2, 0.25) is 0 Å². The first-order valence-electron chi connectivity index (χ1n) is 4.66. The van der Waals surface area contributed by atoms with Gasteiger partial charge < -0.3 is 10.5 Å². The number of rotatable bonds is 3. The fourth-order valence-electron chi connectivity index (χ4n) is 1.33. The first-order chi connectivity index (χ1) is 6.70. The van der Waals surface area contributed by atoms with Crippen LogP contribution >= 0.6 is 12.4 Å². The normalized spacial score (nSPS) is 9.27. The molecule has 0 spiro atoms. The minimum absolute atomic E-state index is 0. The lowest BCUT2D eigenvalue weighted by atomic mass is 10.0. The number of hydrogen-bond acceptors (Lipinski definition) is 3. The zero-order chi connectivity index (χ0) is 10.6. The first-order valence-corrected chi connectivity index (χ1v) is 4.66. The van der Waals surface area contributed by atoms with E-state index in [1.807, 2.05) is 19.1 Å². The van der Waals surface area contributed by atoms with Crippen LogP contribution in [0.3, 0.4) is 0 Å². The fourth-order valence-corrected chi connectivity index (χ4v) is 1.33. The van der Waals surface area contributed by atoms with Crippen molar-refractivity contribution in [2.75, 3.05) is 6.61 Å². The van der Waals surface area contributed by atoms with Gasteiger partial charge in [0.15, 0.2) is 0 Å². The molecule has 0 atom stereocenters. The van der Waals surface area contributed by atoms with Crippen LogP contribution in [0.25, 0.3) is 0 Å². The molecular weight excluding hydrogens is 214 g/mol. The molecule has 0 heterocycles. The molecule has 0 aromatic heterocycles. The molecule has 2 N–H and O–H groups in total. The van der Waals surface area contributed by atoms with Crippen LogP contribution in [0.15, 0.2) is 18.2 Å². The van der Waals surface area contributed by atoms with Gasteiger partial charge in [-0.05, 0) is 31.0 Å². The number of carbonyl (C=O) groups is 1. The molecule has 0 unspecified atom stereocenters. The molecule has 0 radical (unpaired) electrons. The van der Waals surface area contributed by atoms with Crippen molar-refractivity contribution >= 4 is 18.4 Å². The van der Waals surface area contributed by atoms with Gasteiger partial charge in [0, 0.05) is 6.54 Å². The molecule has 3 nitrogen and oxygen atoms in total. The second-order valence-corrected chi connectivity index (χ2v) is 3.01. The van der Waals surface area contributed by atoms with Gasteiger partial charge in [-0.3, -0.25) is 0 Å². The van der Waals surface area contributed by atoms with E-state index in [4.69, 9.17) is 10.5 Å². The molecule has 0 aliphatic rings. The third kappa shape index (κ3) is 3.22. The van der Waals surface area contributed by atoms with Crippen molar-refractivity contribution < 1.29 is 9.53 Å². The van der Waals surface area contributed by atoms with E-state index in [0.717, 1.165) is 11.1 Å². The van der Waals surface area contributed by atoms with Gasteiger partial charge in [0.25, 0.3) is 0 Å². The Labute approximate surface area is 96.0 Å². The maximum Gasteiger partial charge on any atom is 0.338 e. The molecule has 84 valence electrons. The number of carbonyl (C=O) groups excluding carboxylic acids is 1. The second kappa shape index (κ2) is 6.43. The van der Waals surface area contributed by atoms with Gasteiger partial charge in [0.2, 0.25) is 0 Å². The lowest BCUT2D eigenvalue weighted by molar-refractivity contribution is 0.0525. The molecule has 4 heteroatoms. The SMILES string of the molecule is CCOC(=O)c1cccc(CN)c1C.Cl. The van der Waals surface area contributed by atoms with E-state index in [2.05, 4.69) is 0 Å². The minimum Gasteiger partial charge on any atom is -0.462 e. The summed E-state index contributed by atoms with van der Waals surface area (Å²) in [4.78, 5) is 11.5. The second-order valence-electron chi connectivity index (χ2n) is 3.01. The highest BCUT2D eigenvalue weighted by Crippen LogP contribution is 2.14. The Hall–Kier alpha value is -1.06. The Morgan fingerprint density at radius 2 is 2.13 bits per heavy atom. The lowest BCUT2D eigenvalue weighted by Gasteiger charge is -2.08. The molecule has 0 saturated heterocycles. The van der Waals surface area contributed by atoms with E-state index in [1.165, 1.54) is 0 Å².